The molecule has 2 heterocycles. The van der Waals surface area contributed by atoms with Gasteiger partial charge in [0.25, 0.3) is 0 Å². The first kappa shape index (κ1) is 22.7. The molecule has 0 aliphatic carbocycles. The smallest absolute Gasteiger partial charge is 0.341 e. The molecule has 1 aliphatic rings. The molecule has 3 aromatic rings. The van der Waals surface area contributed by atoms with Crippen LogP contribution in [0.25, 0.3) is 0 Å². The van der Waals surface area contributed by atoms with Crippen LogP contribution >= 0.6 is 27.3 Å². The summed E-state index contributed by atoms with van der Waals surface area (Å²) in [6, 6.07) is 16.2. The van der Waals surface area contributed by atoms with Gasteiger partial charge in [0.1, 0.15) is 10.8 Å². The molecule has 5 nitrogen and oxygen atoms in total. The highest BCUT2D eigenvalue weighted by Crippen LogP contribution is 2.40. The summed E-state index contributed by atoms with van der Waals surface area (Å²) in [5.41, 5.74) is 3.92. The van der Waals surface area contributed by atoms with Gasteiger partial charge in [0.2, 0.25) is 0 Å². The Morgan fingerprint density at radius 3 is 2.78 bits per heavy atom. The zero-order valence-corrected chi connectivity index (χ0v) is 20.5. The van der Waals surface area contributed by atoms with Crippen LogP contribution in [-0.4, -0.2) is 37.3 Å². The predicted molar refractivity (Wildman–Crippen MR) is 132 cm³/mol. The first-order chi connectivity index (χ1) is 15.6. The Hall–Kier alpha value is -2.48. The lowest BCUT2D eigenvalue weighted by Crippen LogP contribution is -2.29. The SMILES string of the molecule is CCOC(=O)c1c(N=Cc2ccc(OC)c(Br)c2)sc2c1CCN(Cc1ccccc1)C2. The molecule has 1 aliphatic heterocycles. The number of hydrogen-bond acceptors (Lipinski definition) is 6. The minimum absolute atomic E-state index is 0.287. The molecule has 0 saturated heterocycles. The number of nitrogens with zero attached hydrogens (tertiary/aromatic N) is 2. The van der Waals surface area contributed by atoms with Crippen molar-refractivity contribution in [2.24, 2.45) is 4.99 Å². The number of esters is 1. The average Bonchev–Trinajstić information content (AvgIpc) is 3.16. The fraction of sp³-hybridized carbons (Fsp3) is 0.280. The topological polar surface area (TPSA) is 51.1 Å². The summed E-state index contributed by atoms with van der Waals surface area (Å²) < 4.78 is 11.5. The van der Waals surface area contributed by atoms with Gasteiger partial charge in [-0.15, -0.1) is 11.3 Å². The van der Waals surface area contributed by atoms with E-state index in [2.05, 4.69) is 45.1 Å². The van der Waals surface area contributed by atoms with E-state index >= 15 is 0 Å². The van der Waals surface area contributed by atoms with E-state index in [1.165, 1.54) is 10.4 Å². The maximum atomic E-state index is 12.8. The lowest BCUT2D eigenvalue weighted by molar-refractivity contribution is 0.0526. The summed E-state index contributed by atoms with van der Waals surface area (Å²) >= 11 is 5.09. The highest BCUT2D eigenvalue weighted by molar-refractivity contribution is 9.10. The summed E-state index contributed by atoms with van der Waals surface area (Å²) in [7, 11) is 1.64. The van der Waals surface area contributed by atoms with Crippen molar-refractivity contribution in [2.45, 2.75) is 26.4 Å². The van der Waals surface area contributed by atoms with E-state index in [4.69, 9.17) is 14.5 Å². The number of halogens is 1. The van der Waals surface area contributed by atoms with Crippen molar-refractivity contribution < 1.29 is 14.3 Å². The summed E-state index contributed by atoms with van der Waals surface area (Å²) in [6.07, 6.45) is 2.60. The summed E-state index contributed by atoms with van der Waals surface area (Å²) in [5, 5.41) is 0.710. The first-order valence-corrected chi connectivity index (χ1v) is 12.2. The lowest BCUT2D eigenvalue weighted by atomic mass is 10.0. The van der Waals surface area contributed by atoms with Crippen molar-refractivity contribution in [2.75, 3.05) is 20.3 Å². The average molecular weight is 513 g/mol. The fourth-order valence-electron chi connectivity index (χ4n) is 3.82. The third kappa shape index (κ3) is 5.11. The Morgan fingerprint density at radius 2 is 2.06 bits per heavy atom. The number of thiophene rings is 1. The number of fused-ring (bicyclic) bond motifs is 1. The van der Waals surface area contributed by atoms with Gasteiger partial charge in [0.05, 0.1) is 23.8 Å². The number of rotatable bonds is 7. The van der Waals surface area contributed by atoms with E-state index in [9.17, 15) is 4.79 Å². The second-order valence-electron chi connectivity index (χ2n) is 7.50. The van der Waals surface area contributed by atoms with Gasteiger partial charge >= 0.3 is 5.97 Å². The Balaban J connectivity index is 1.61. The molecule has 0 amide bonds. The molecule has 0 radical (unpaired) electrons. The van der Waals surface area contributed by atoms with Crippen LogP contribution in [0.2, 0.25) is 0 Å². The highest BCUT2D eigenvalue weighted by Gasteiger charge is 2.28. The molecule has 0 fully saturated rings. The number of ether oxygens (including phenoxy) is 2. The summed E-state index contributed by atoms with van der Waals surface area (Å²) in [5.74, 6) is 0.476. The van der Waals surface area contributed by atoms with Crippen LogP contribution < -0.4 is 4.74 Å². The highest BCUT2D eigenvalue weighted by atomic mass is 79.9. The van der Waals surface area contributed by atoms with Gasteiger partial charge in [0.15, 0.2) is 0 Å². The molecule has 166 valence electrons. The zero-order valence-electron chi connectivity index (χ0n) is 18.1. The minimum atomic E-state index is -0.287. The maximum absolute atomic E-state index is 12.8. The van der Waals surface area contributed by atoms with Crippen LogP contribution in [0.15, 0.2) is 58.0 Å². The number of carbonyl (C=O) groups excluding carboxylic acids is 1. The van der Waals surface area contributed by atoms with Gasteiger partial charge in [-0.3, -0.25) is 4.90 Å². The predicted octanol–water partition coefficient (Wildman–Crippen LogP) is 6.00. The third-order valence-electron chi connectivity index (χ3n) is 5.35. The van der Waals surface area contributed by atoms with E-state index in [1.807, 2.05) is 31.2 Å². The fourth-order valence-corrected chi connectivity index (χ4v) is 5.60. The van der Waals surface area contributed by atoms with Crippen molar-refractivity contribution in [3.8, 4) is 5.75 Å². The molecular weight excluding hydrogens is 488 g/mol. The molecule has 32 heavy (non-hydrogen) atoms. The Bertz CT molecular complexity index is 1130. The molecule has 7 heteroatoms. The van der Waals surface area contributed by atoms with Gasteiger partial charge in [0, 0.05) is 30.7 Å². The number of aliphatic imine (C=N–C) groups is 1. The maximum Gasteiger partial charge on any atom is 0.341 e. The van der Waals surface area contributed by atoms with E-state index < -0.39 is 0 Å². The Kier molecular flexibility index (Phi) is 7.40. The molecular formula is C25H25BrN2O3S. The van der Waals surface area contributed by atoms with Gasteiger partial charge < -0.3 is 9.47 Å². The van der Waals surface area contributed by atoms with Crippen LogP contribution in [-0.2, 0) is 24.2 Å². The van der Waals surface area contributed by atoms with E-state index in [0.29, 0.717) is 17.2 Å². The molecule has 0 unspecified atom stereocenters. The van der Waals surface area contributed by atoms with Crippen molar-refractivity contribution in [3.05, 3.63) is 80.1 Å². The Morgan fingerprint density at radius 1 is 1.25 bits per heavy atom. The third-order valence-corrected chi connectivity index (χ3v) is 7.10. The first-order valence-electron chi connectivity index (χ1n) is 10.5. The van der Waals surface area contributed by atoms with E-state index in [-0.39, 0.29) is 5.97 Å². The van der Waals surface area contributed by atoms with E-state index in [0.717, 1.165) is 47.4 Å². The number of carbonyl (C=O) groups is 1. The summed E-state index contributed by atoms with van der Waals surface area (Å²) in [4.78, 5) is 21.1. The quantitative estimate of drug-likeness (QED) is 0.287. The Labute approximate surface area is 200 Å². The normalized spacial score (nSPS) is 13.8. The molecule has 1 aromatic heterocycles. The molecule has 0 spiro atoms. The molecule has 2 aromatic carbocycles. The van der Waals surface area contributed by atoms with Crippen molar-refractivity contribution >= 4 is 44.5 Å². The van der Waals surface area contributed by atoms with Crippen LogP contribution in [0.4, 0.5) is 5.00 Å². The molecule has 0 bridgehead atoms. The second kappa shape index (κ2) is 10.4. The minimum Gasteiger partial charge on any atom is -0.496 e. The van der Waals surface area contributed by atoms with Crippen LogP contribution in [0.3, 0.4) is 0 Å². The molecule has 4 rings (SSSR count). The molecule has 0 atom stereocenters. The van der Waals surface area contributed by atoms with Crippen molar-refractivity contribution in [3.63, 3.8) is 0 Å². The molecule has 0 N–H and O–H groups in total. The number of hydrogen-bond donors (Lipinski definition) is 0. The largest absolute Gasteiger partial charge is 0.496 e. The second-order valence-corrected chi connectivity index (χ2v) is 9.44. The van der Waals surface area contributed by atoms with Gasteiger partial charge in [-0.1, -0.05) is 30.3 Å². The molecule has 0 saturated carbocycles. The monoisotopic (exact) mass is 512 g/mol. The van der Waals surface area contributed by atoms with Crippen LogP contribution in [0.1, 0.15) is 38.8 Å². The van der Waals surface area contributed by atoms with Crippen LogP contribution in [0.5, 0.6) is 5.75 Å². The summed E-state index contributed by atoms with van der Waals surface area (Å²) in [6.45, 7) is 4.78. The zero-order chi connectivity index (χ0) is 22.5. The standard InChI is InChI=1S/C25H25BrN2O3S/c1-3-31-25(29)23-19-11-12-28(15-17-7-5-4-6-8-17)16-22(19)32-24(23)27-14-18-9-10-21(30-2)20(26)13-18/h4-10,13-14H,3,11-12,15-16H2,1-2H3. The van der Waals surface area contributed by atoms with Crippen LogP contribution in [0, 0.1) is 0 Å². The lowest BCUT2D eigenvalue weighted by Gasteiger charge is -2.27. The van der Waals surface area contributed by atoms with Gasteiger partial charge in [-0.05, 0) is 64.2 Å². The number of benzene rings is 2. The van der Waals surface area contributed by atoms with Crippen molar-refractivity contribution in [1.29, 1.82) is 0 Å². The number of methoxy groups -OCH3 is 1. The van der Waals surface area contributed by atoms with Crippen molar-refractivity contribution in [1.82, 2.24) is 4.90 Å². The van der Waals surface area contributed by atoms with E-state index in [1.54, 1.807) is 24.7 Å². The van der Waals surface area contributed by atoms with Gasteiger partial charge in [-0.2, -0.15) is 0 Å². The van der Waals surface area contributed by atoms with Gasteiger partial charge in [-0.25, -0.2) is 9.79 Å².